The maximum Gasteiger partial charge on any atom is 0.325 e. The van der Waals surface area contributed by atoms with Crippen molar-refractivity contribution in [2.24, 2.45) is 0 Å². The van der Waals surface area contributed by atoms with E-state index in [2.05, 4.69) is 23.3 Å². The number of fused-ring (bicyclic) bond motifs is 1. The number of carbonyl (C=O) groups is 3. The number of ether oxygens (including phenoxy) is 2. The summed E-state index contributed by atoms with van der Waals surface area (Å²) in [6.45, 7) is 5.59. The number of methoxy groups -OCH3 is 2. The number of aryl methyl sites for hydroxylation is 1. The average Bonchev–Trinajstić information content (AvgIpc) is 3.01. The first-order valence-corrected chi connectivity index (χ1v) is 8.68. The van der Waals surface area contributed by atoms with Gasteiger partial charge in [0.05, 0.1) is 26.9 Å². The van der Waals surface area contributed by atoms with Gasteiger partial charge < -0.3 is 18.8 Å². The van der Waals surface area contributed by atoms with Gasteiger partial charge in [-0.2, -0.15) is 0 Å². The Morgan fingerprint density at radius 2 is 1.67 bits per heavy atom. The molecule has 0 unspecified atom stereocenters. The van der Waals surface area contributed by atoms with Crippen LogP contribution >= 0.6 is 0 Å². The molecule has 7 heteroatoms. The highest BCUT2D eigenvalue weighted by atomic mass is 16.5. The van der Waals surface area contributed by atoms with Gasteiger partial charge in [-0.1, -0.05) is 13.8 Å². The van der Waals surface area contributed by atoms with Gasteiger partial charge in [-0.05, 0) is 36.1 Å². The number of hydrogen-bond acceptors (Lipinski definition) is 6. The number of rotatable bonds is 7. The topological polar surface area (TPSA) is 86.0 Å². The largest absolute Gasteiger partial charge is 0.468 e. The van der Waals surface area contributed by atoms with E-state index in [9.17, 15) is 14.4 Å². The van der Waals surface area contributed by atoms with E-state index < -0.39 is 11.9 Å². The van der Waals surface area contributed by atoms with Crippen LogP contribution in [0, 0.1) is 6.92 Å². The second kappa shape index (κ2) is 8.70. The minimum absolute atomic E-state index is 0.00157. The van der Waals surface area contributed by atoms with E-state index in [0.29, 0.717) is 17.1 Å². The fraction of sp³-hybridized carbons (Fsp3) is 0.450. The van der Waals surface area contributed by atoms with E-state index in [0.717, 1.165) is 15.8 Å². The third kappa shape index (κ3) is 4.87. The van der Waals surface area contributed by atoms with E-state index in [-0.39, 0.29) is 25.4 Å². The Morgan fingerprint density at radius 3 is 2.19 bits per heavy atom. The molecule has 0 aliphatic carbocycles. The maximum absolute atomic E-state index is 12.7. The number of esters is 2. The lowest BCUT2D eigenvalue weighted by Crippen LogP contribution is -2.41. The van der Waals surface area contributed by atoms with Crippen LogP contribution in [-0.4, -0.2) is 50.1 Å². The number of carbonyl (C=O) groups excluding carboxylic acids is 3. The summed E-state index contributed by atoms with van der Waals surface area (Å²) in [4.78, 5) is 37.0. The Morgan fingerprint density at radius 1 is 1.07 bits per heavy atom. The molecular weight excluding hydrogens is 350 g/mol. The summed E-state index contributed by atoms with van der Waals surface area (Å²) in [6.07, 6.45) is 1.54. The summed E-state index contributed by atoms with van der Waals surface area (Å²) in [5, 5.41) is 0.855. The minimum Gasteiger partial charge on any atom is -0.468 e. The second-order valence-corrected chi connectivity index (χ2v) is 6.70. The average molecular weight is 375 g/mol. The smallest absolute Gasteiger partial charge is 0.325 e. The monoisotopic (exact) mass is 375 g/mol. The molecule has 0 aliphatic rings. The summed E-state index contributed by atoms with van der Waals surface area (Å²) in [6, 6.07) is 3.99. The first kappa shape index (κ1) is 20.5. The molecular formula is C20H25NO6. The fourth-order valence-corrected chi connectivity index (χ4v) is 2.95. The highest BCUT2D eigenvalue weighted by Crippen LogP contribution is 2.29. The van der Waals surface area contributed by atoms with Gasteiger partial charge in [0.2, 0.25) is 5.91 Å². The molecule has 1 amide bonds. The van der Waals surface area contributed by atoms with Crippen molar-refractivity contribution in [1.29, 1.82) is 0 Å². The zero-order valence-corrected chi connectivity index (χ0v) is 16.3. The summed E-state index contributed by atoms with van der Waals surface area (Å²) in [5.41, 5.74) is 3.71. The van der Waals surface area contributed by atoms with E-state index >= 15 is 0 Å². The second-order valence-electron chi connectivity index (χ2n) is 6.70. The third-order valence-corrected chi connectivity index (χ3v) is 4.45. The maximum atomic E-state index is 12.7. The van der Waals surface area contributed by atoms with Gasteiger partial charge in [0.15, 0.2) is 0 Å². The molecule has 0 radical (unpaired) electrons. The molecule has 0 atom stereocenters. The molecule has 0 fully saturated rings. The van der Waals surface area contributed by atoms with Crippen molar-refractivity contribution in [3.63, 3.8) is 0 Å². The standard InChI is InChI=1S/C20H25NO6/c1-12(2)15-8-16-14(11-27-17(16)6-13(15)3)7-18(22)21(9-19(23)25-4)10-20(24)26-5/h6,8,11-12H,7,9-10H2,1-5H3. The fourth-order valence-electron chi connectivity index (χ4n) is 2.95. The first-order chi connectivity index (χ1) is 12.8. The molecule has 2 aromatic rings. The molecule has 2 rings (SSSR count). The van der Waals surface area contributed by atoms with Crippen LogP contribution in [-0.2, 0) is 30.3 Å². The first-order valence-electron chi connectivity index (χ1n) is 8.68. The van der Waals surface area contributed by atoms with Crippen molar-refractivity contribution in [3.05, 3.63) is 35.1 Å². The molecule has 0 spiro atoms. The van der Waals surface area contributed by atoms with Crippen LogP contribution in [0.5, 0.6) is 0 Å². The SMILES string of the molecule is COC(=O)CN(CC(=O)OC)C(=O)Cc1coc2cc(C)c(C(C)C)cc12. The number of hydrogen-bond donors (Lipinski definition) is 0. The van der Waals surface area contributed by atoms with Gasteiger partial charge in [0.1, 0.15) is 18.7 Å². The molecule has 0 aliphatic heterocycles. The van der Waals surface area contributed by atoms with Gasteiger partial charge in [-0.25, -0.2) is 0 Å². The minimum atomic E-state index is -0.609. The zero-order valence-electron chi connectivity index (χ0n) is 16.3. The van der Waals surface area contributed by atoms with Gasteiger partial charge in [0.25, 0.3) is 0 Å². The molecule has 0 bridgehead atoms. The lowest BCUT2D eigenvalue weighted by atomic mass is 9.95. The number of benzene rings is 1. The summed E-state index contributed by atoms with van der Waals surface area (Å²) >= 11 is 0. The number of amides is 1. The molecule has 0 saturated heterocycles. The zero-order chi connectivity index (χ0) is 20.1. The predicted octanol–water partition coefficient (Wildman–Crippen LogP) is 2.58. The molecule has 1 heterocycles. The van der Waals surface area contributed by atoms with E-state index in [1.54, 1.807) is 6.26 Å². The Labute approximate surface area is 158 Å². The quantitative estimate of drug-likeness (QED) is 0.692. The number of furan rings is 1. The van der Waals surface area contributed by atoms with Gasteiger partial charge in [-0.3, -0.25) is 14.4 Å². The highest BCUT2D eigenvalue weighted by Gasteiger charge is 2.23. The molecule has 7 nitrogen and oxygen atoms in total. The van der Waals surface area contributed by atoms with Crippen molar-refractivity contribution in [2.75, 3.05) is 27.3 Å². The van der Waals surface area contributed by atoms with Crippen LogP contribution in [0.3, 0.4) is 0 Å². The predicted molar refractivity (Wildman–Crippen MR) is 99.4 cm³/mol. The van der Waals surface area contributed by atoms with Crippen LogP contribution in [0.25, 0.3) is 11.0 Å². The Balaban J connectivity index is 2.29. The van der Waals surface area contributed by atoms with Crippen LogP contribution < -0.4 is 0 Å². The normalized spacial score (nSPS) is 10.9. The molecule has 1 aromatic heterocycles. The van der Waals surface area contributed by atoms with Gasteiger partial charge in [0, 0.05) is 10.9 Å². The Kier molecular flexibility index (Phi) is 6.60. The summed E-state index contributed by atoms with van der Waals surface area (Å²) < 4.78 is 14.8. The van der Waals surface area contributed by atoms with Crippen molar-refractivity contribution in [2.45, 2.75) is 33.1 Å². The number of nitrogens with zero attached hydrogens (tertiary/aromatic N) is 1. The van der Waals surface area contributed by atoms with E-state index in [1.807, 2.05) is 19.1 Å². The lowest BCUT2D eigenvalue weighted by Gasteiger charge is -2.20. The molecule has 27 heavy (non-hydrogen) atoms. The van der Waals surface area contributed by atoms with Crippen LogP contribution in [0.4, 0.5) is 0 Å². The van der Waals surface area contributed by atoms with Crippen molar-refractivity contribution in [3.8, 4) is 0 Å². The highest BCUT2D eigenvalue weighted by molar-refractivity contribution is 5.91. The van der Waals surface area contributed by atoms with E-state index in [4.69, 9.17) is 4.42 Å². The lowest BCUT2D eigenvalue weighted by molar-refractivity contribution is -0.151. The Bertz CT molecular complexity index is 834. The molecule has 0 saturated carbocycles. The third-order valence-electron chi connectivity index (χ3n) is 4.45. The van der Waals surface area contributed by atoms with E-state index in [1.165, 1.54) is 19.8 Å². The molecule has 146 valence electrons. The summed E-state index contributed by atoms with van der Waals surface area (Å²) in [5.74, 6) is -1.27. The van der Waals surface area contributed by atoms with Crippen molar-refractivity contribution < 1.29 is 28.3 Å². The van der Waals surface area contributed by atoms with Crippen LogP contribution in [0.1, 0.15) is 36.5 Å². The van der Waals surface area contributed by atoms with Crippen molar-refractivity contribution in [1.82, 2.24) is 4.90 Å². The van der Waals surface area contributed by atoms with Crippen LogP contribution in [0.15, 0.2) is 22.8 Å². The van der Waals surface area contributed by atoms with Crippen LogP contribution in [0.2, 0.25) is 0 Å². The van der Waals surface area contributed by atoms with Crippen molar-refractivity contribution >= 4 is 28.8 Å². The van der Waals surface area contributed by atoms with Gasteiger partial charge in [-0.15, -0.1) is 0 Å². The molecule has 1 aromatic carbocycles. The molecule has 0 N–H and O–H groups in total. The Hall–Kier alpha value is -2.83. The summed E-state index contributed by atoms with van der Waals surface area (Å²) in [7, 11) is 2.45. The van der Waals surface area contributed by atoms with Gasteiger partial charge >= 0.3 is 11.9 Å².